The van der Waals surface area contributed by atoms with E-state index in [2.05, 4.69) is 5.32 Å². The standard InChI is InChI=1S/C24H23F3N2O3S2/c1-16-11-12-17(2)22(13-16)34(31,32)29(19-8-6-7-18(14-19)24(25,26)27)15-23(30)28-20-9-4-5-10-21(20)33-3/h4-14H,15H2,1-3H3,(H,28,30). The summed E-state index contributed by atoms with van der Waals surface area (Å²) in [7, 11) is -4.37. The third-order valence-electron chi connectivity index (χ3n) is 5.04. The van der Waals surface area contributed by atoms with Gasteiger partial charge in [0.1, 0.15) is 6.54 Å². The van der Waals surface area contributed by atoms with Crippen LogP contribution in [0.15, 0.2) is 76.5 Å². The Hall–Kier alpha value is -2.98. The van der Waals surface area contributed by atoms with Crippen LogP contribution in [0.25, 0.3) is 0 Å². The third-order valence-corrected chi connectivity index (χ3v) is 7.75. The smallest absolute Gasteiger partial charge is 0.323 e. The van der Waals surface area contributed by atoms with Gasteiger partial charge in [-0.1, -0.05) is 30.3 Å². The first kappa shape index (κ1) is 25.6. The van der Waals surface area contributed by atoms with E-state index in [1.54, 1.807) is 50.2 Å². The number of thioether (sulfide) groups is 1. The molecule has 0 saturated heterocycles. The van der Waals surface area contributed by atoms with Crippen LogP contribution in [-0.2, 0) is 21.0 Å². The van der Waals surface area contributed by atoms with Crippen LogP contribution in [0.3, 0.4) is 0 Å². The van der Waals surface area contributed by atoms with Crippen molar-refractivity contribution in [3.8, 4) is 0 Å². The molecule has 0 unspecified atom stereocenters. The molecule has 0 bridgehead atoms. The molecule has 0 aliphatic rings. The molecule has 3 aromatic rings. The monoisotopic (exact) mass is 508 g/mol. The summed E-state index contributed by atoms with van der Waals surface area (Å²) < 4.78 is 68.0. The predicted molar refractivity (Wildman–Crippen MR) is 129 cm³/mol. The Balaban J connectivity index is 2.07. The summed E-state index contributed by atoms with van der Waals surface area (Å²) in [5, 5.41) is 2.67. The number of aryl methyl sites for hydroxylation is 2. The summed E-state index contributed by atoms with van der Waals surface area (Å²) >= 11 is 1.39. The number of sulfonamides is 1. The number of anilines is 2. The highest BCUT2D eigenvalue weighted by atomic mass is 32.2. The van der Waals surface area contributed by atoms with Gasteiger partial charge in [0.25, 0.3) is 10.0 Å². The number of hydrogen-bond donors (Lipinski definition) is 1. The molecular weight excluding hydrogens is 485 g/mol. The number of halogens is 3. The van der Waals surface area contributed by atoms with Crippen molar-refractivity contribution in [2.75, 3.05) is 22.4 Å². The molecule has 1 amide bonds. The molecule has 3 rings (SSSR count). The lowest BCUT2D eigenvalue weighted by Gasteiger charge is -2.26. The van der Waals surface area contributed by atoms with Crippen molar-refractivity contribution in [1.82, 2.24) is 0 Å². The van der Waals surface area contributed by atoms with Gasteiger partial charge in [-0.2, -0.15) is 13.2 Å². The molecule has 0 heterocycles. The van der Waals surface area contributed by atoms with Crippen molar-refractivity contribution in [1.29, 1.82) is 0 Å². The zero-order chi connectivity index (χ0) is 25.1. The quantitative estimate of drug-likeness (QED) is 0.405. The van der Waals surface area contributed by atoms with E-state index in [9.17, 15) is 26.4 Å². The second-order valence-corrected chi connectivity index (χ2v) is 10.3. The minimum atomic E-state index is -4.68. The van der Waals surface area contributed by atoms with Crippen molar-refractivity contribution in [3.05, 3.63) is 83.4 Å². The first-order chi connectivity index (χ1) is 15.9. The lowest BCUT2D eigenvalue weighted by Crippen LogP contribution is -2.38. The van der Waals surface area contributed by atoms with Crippen molar-refractivity contribution >= 4 is 39.1 Å². The summed E-state index contributed by atoms with van der Waals surface area (Å²) in [6.07, 6.45) is -2.85. The van der Waals surface area contributed by atoms with Crippen LogP contribution < -0.4 is 9.62 Å². The molecule has 3 aromatic carbocycles. The van der Waals surface area contributed by atoms with E-state index in [0.29, 0.717) is 21.1 Å². The molecule has 0 saturated carbocycles. The number of nitrogens with zero attached hydrogens (tertiary/aromatic N) is 1. The van der Waals surface area contributed by atoms with Crippen LogP contribution in [0.1, 0.15) is 16.7 Å². The summed E-state index contributed by atoms with van der Waals surface area (Å²) in [6.45, 7) is 2.59. The Morgan fingerprint density at radius 3 is 2.38 bits per heavy atom. The zero-order valence-electron chi connectivity index (χ0n) is 18.7. The van der Waals surface area contributed by atoms with Gasteiger partial charge in [-0.15, -0.1) is 11.8 Å². The van der Waals surface area contributed by atoms with Crippen molar-refractivity contribution in [2.45, 2.75) is 29.8 Å². The molecule has 5 nitrogen and oxygen atoms in total. The molecule has 0 aliphatic carbocycles. The van der Waals surface area contributed by atoms with Crippen molar-refractivity contribution in [3.63, 3.8) is 0 Å². The van der Waals surface area contributed by atoms with Gasteiger partial charge in [0.2, 0.25) is 5.91 Å². The molecule has 0 spiro atoms. The summed E-state index contributed by atoms with van der Waals surface area (Å²) in [4.78, 5) is 13.6. The van der Waals surface area contributed by atoms with Gasteiger partial charge in [-0.3, -0.25) is 9.10 Å². The largest absolute Gasteiger partial charge is 0.416 e. The maximum atomic E-state index is 13.6. The van der Waals surface area contributed by atoms with E-state index in [0.717, 1.165) is 23.1 Å². The Bertz CT molecular complexity index is 1310. The highest BCUT2D eigenvalue weighted by Crippen LogP contribution is 2.34. The lowest BCUT2D eigenvalue weighted by molar-refractivity contribution is -0.137. The Morgan fingerprint density at radius 2 is 1.71 bits per heavy atom. The fraction of sp³-hybridized carbons (Fsp3) is 0.208. The van der Waals surface area contributed by atoms with Gasteiger partial charge in [0, 0.05) is 4.90 Å². The second kappa shape index (κ2) is 10.1. The topological polar surface area (TPSA) is 66.5 Å². The number of hydrogen-bond acceptors (Lipinski definition) is 4. The molecule has 10 heteroatoms. The first-order valence-corrected chi connectivity index (χ1v) is 12.8. The van der Waals surface area contributed by atoms with Gasteiger partial charge in [0.05, 0.1) is 21.8 Å². The molecule has 0 aliphatic heterocycles. The molecule has 0 atom stereocenters. The van der Waals surface area contributed by atoms with Crippen LogP contribution in [-0.4, -0.2) is 27.1 Å². The Labute approximate surface area is 201 Å². The van der Waals surface area contributed by atoms with E-state index in [4.69, 9.17) is 0 Å². The zero-order valence-corrected chi connectivity index (χ0v) is 20.3. The van der Waals surface area contributed by atoms with E-state index in [1.807, 2.05) is 6.26 Å². The summed E-state index contributed by atoms with van der Waals surface area (Å²) in [6, 6.07) is 15.7. The maximum Gasteiger partial charge on any atom is 0.416 e. The number of amides is 1. The summed E-state index contributed by atoms with van der Waals surface area (Å²) in [5.41, 5.74) is 0.277. The summed E-state index contributed by atoms with van der Waals surface area (Å²) in [5.74, 6) is -0.687. The van der Waals surface area contributed by atoms with Crippen molar-refractivity contribution in [2.24, 2.45) is 0 Å². The number of carbonyl (C=O) groups excluding carboxylic acids is 1. The van der Waals surface area contributed by atoms with Crippen LogP contribution in [0.5, 0.6) is 0 Å². The number of rotatable bonds is 7. The van der Waals surface area contributed by atoms with Gasteiger partial charge >= 0.3 is 6.18 Å². The van der Waals surface area contributed by atoms with Gasteiger partial charge in [-0.05, 0) is 67.6 Å². The first-order valence-electron chi connectivity index (χ1n) is 10.1. The number of para-hydroxylation sites is 1. The molecule has 34 heavy (non-hydrogen) atoms. The fourth-order valence-corrected chi connectivity index (χ4v) is 5.60. The number of nitrogens with one attached hydrogen (secondary N) is 1. The average Bonchev–Trinajstić information content (AvgIpc) is 2.78. The van der Waals surface area contributed by atoms with Crippen LogP contribution >= 0.6 is 11.8 Å². The van der Waals surface area contributed by atoms with Crippen LogP contribution in [0, 0.1) is 13.8 Å². The third kappa shape index (κ3) is 5.74. The minimum Gasteiger partial charge on any atom is -0.323 e. The Morgan fingerprint density at radius 1 is 1.00 bits per heavy atom. The molecule has 1 N–H and O–H groups in total. The number of carbonyl (C=O) groups is 1. The maximum absolute atomic E-state index is 13.6. The number of benzene rings is 3. The average molecular weight is 509 g/mol. The minimum absolute atomic E-state index is 0.0813. The SMILES string of the molecule is CSc1ccccc1NC(=O)CN(c1cccc(C(F)(F)F)c1)S(=O)(=O)c1cc(C)ccc1C. The molecule has 180 valence electrons. The van der Waals surface area contributed by atoms with E-state index in [-0.39, 0.29) is 10.6 Å². The fourth-order valence-electron chi connectivity index (χ4n) is 3.32. The molecule has 0 fully saturated rings. The predicted octanol–water partition coefficient (Wildman–Crippen LogP) is 5.88. The van der Waals surface area contributed by atoms with Crippen LogP contribution in [0.2, 0.25) is 0 Å². The molecular formula is C24H23F3N2O3S2. The Kier molecular flexibility index (Phi) is 7.62. The lowest BCUT2D eigenvalue weighted by atomic mass is 10.2. The van der Waals surface area contributed by atoms with Gasteiger partial charge < -0.3 is 5.32 Å². The van der Waals surface area contributed by atoms with Crippen LogP contribution in [0.4, 0.5) is 24.5 Å². The number of alkyl halides is 3. The van der Waals surface area contributed by atoms with Gasteiger partial charge in [-0.25, -0.2) is 8.42 Å². The van der Waals surface area contributed by atoms with E-state index in [1.165, 1.54) is 23.9 Å². The highest BCUT2D eigenvalue weighted by Gasteiger charge is 2.33. The normalized spacial score (nSPS) is 11.8. The van der Waals surface area contributed by atoms with E-state index < -0.39 is 34.2 Å². The van der Waals surface area contributed by atoms with E-state index >= 15 is 0 Å². The highest BCUT2D eigenvalue weighted by molar-refractivity contribution is 7.98. The second-order valence-electron chi connectivity index (χ2n) is 7.58. The van der Waals surface area contributed by atoms with Gasteiger partial charge in [0.15, 0.2) is 0 Å². The molecule has 0 radical (unpaired) electrons. The van der Waals surface area contributed by atoms with Crippen molar-refractivity contribution < 1.29 is 26.4 Å². The molecule has 0 aromatic heterocycles.